The third-order valence-electron chi connectivity index (χ3n) is 4.24. The van der Waals surface area contributed by atoms with E-state index < -0.39 is 6.09 Å². The van der Waals surface area contributed by atoms with E-state index in [0.29, 0.717) is 5.95 Å². The highest BCUT2D eigenvalue weighted by Crippen LogP contribution is 2.31. The van der Waals surface area contributed by atoms with Crippen LogP contribution < -0.4 is 4.90 Å². The van der Waals surface area contributed by atoms with Gasteiger partial charge in [-0.15, -0.1) is 0 Å². The molecule has 2 aromatic carbocycles. The molecule has 0 bridgehead atoms. The van der Waals surface area contributed by atoms with E-state index in [1.54, 1.807) is 11.8 Å². The number of carbonyl (C=O) groups is 1. The Labute approximate surface area is 165 Å². The van der Waals surface area contributed by atoms with Gasteiger partial charge in [-0.25, -0.2) is 19.4 Å². The van der Waals surface area contributed by atoms with Gasteiger partial charge in [-0.1, -0.05) is 11.8 Å². The number of H-pyrrole nitrogens is 1. The summed E-state index contributed by atoms with van der Waals surface area (Å²) in [5.74, 6) is 1.90. The molecule has 0 aliphatic heterocycles. The largest absolute Gasteiger partial charge is 0.465 e. The first-order valence-electron chi connectivity index (χ1n) is 8.56. The fourth-order valence-corrected chi connectivity index (χ4v) is 3.70. The first kappa shape index (κ1) is 18.1. The van der Waals surface area contributed by atoms with Gasteiger partial charge in [0.1, 0.15) is 11.6 Å². The number of imidazole rings is 1. The second kappa shape index (κ2) is 7.01. The van der Waals surface area contributed by atoms with Crippen LogP contribution in [-0.4, -0.2) is 43.0 Å². The van der Waals surface area contributed by atoms with E-state index >= 15 is 0 Å². The number of hydrogen-bond donors (Lipinski definition) is 2. The number of aromatic amines is 1. The van der Waals surface area contributed by atoms with Gasteiger partial charge in [-0.05, 0) is 56.3 Å². The smallest absolute Gasteiger partial charge is 0.413 e. The minimum atomic E-state index is -1.06. The summed E-state index contributed by atoms with van der Waals surface area (Å²) in [6.07, 6.45) is -1.06. The molecule has 0 aliphatic carbocycles. The third-order valence-corrected chi connectivity index (χ3v) is 5.23. The fourth-order valence-electron chi connectivity index (χ4n) is 2.85. The first-order chi connectivity index (χ1) is 13.4. The number of nitrogens with one attached hydrogen (secondary N) is 1. The summed E-state index contributed by atoms with van der Waals surface area (Å²) < 4.78 is 1.82. The Morgan fingerprint density at radius 2 is 1.82 bits per heavy atom. The van der Waals surface area contributed by atoms with Crippen LogP contribution in [0.25, 0.3) is 16.7 Å². The van der Waals surface area contributed by atoms with E-state index in [0.717, 1.165) is 43.1 Å². The number of amides is 1. The Hall–Kier alpha value is -3.33. The van der Waals surface area contributed by atoms with Gasteiger partial charge in [0.25, 0.3) is 0 Å². The summed E-state index contributed by atoms with van der Waals surface area (Å²) in [6.45, 7) is 3.80. The molecular weight excluding hydrogens is 376 g/mol. The average molecular weight is 394 g/mol. The maximum atomic E-state index is 11.1. The van der Waals surface area contributed by atoms with Crippen molar-refractivity contribution in [3.05, 3.63) is 54.1 Å². The molecule has 4 rings (SSSR count). The quantitative estimate of drug-likeness (QED) is 0.542. The van der Waals surface area contributed by atoms with Crippen LogP contribution in [0, 0.1) is 13.8 Å². The molecule has 9 heteroatoms. The van der Waals surface area contributed by atoms with Gasteiger partial charge < -0.3 is 10.1 Å². The van der Waals surface area contributed by atoms with Gasteiger partial charge in [0.15, 0.2) is 0 Å². The normalized spacial score (nSPS) is 11.1. The molecule has 2 N–H and O–H groups in total. The van der Waals surface area contributed by atoms with Crippen LogP contribution in [0.4, 0.5) is 10.7 Å². The molecule has 142 valence electrons. The van der Waals surface area contributed by atoms with Gasteiger partial charge in [0, 0.05) is 16.8 Å². The highest BCUT2D eigenvalue weighted by atomic mass is 32.2. The highest BCUT2D eigenvalue weighted by Gasteiger charge is 2.13. The Morgan fingerprint density at radius 1 is 1.11 bits per heavy atom. The number of rotatable bonds is 4. The monoisotopic (exact) mass is 394 g/mol. The Kier molecular flexibility index (Phi) is 4.52. The summed E-state index contributed by atoms with van der Waals surface area (Å²) in [6, 6.07) is 13.9. The summed E-state index contributed by atoms with van der Waals surface area (Å²) in [7, 11) is 1.45. The molecular formula is C19H18N6O2S. The average Bonchev–Trinajstić information content (AvgIpc) is 3.23. The summed E-state index contributed by atoms with van der Waals surface area (Å²) in [5, 5.41) is 13.5. The van der Waals surface area contributed by atoms with Gasteiger partial charge in [0.05, 0.1) is 16.7 Å². The van der Waals surface area contributed by atoms with Crippen molar-refractivity contribution in [3.8, 4) is 5.69 Å². The van der Waals surface area contributed by atoms with Crippen molar-refractivity contribution in [2.24, 2.45) is 0 Å². The minimum Gasteiger partial charge on any atom is -0.465 e. The van der Waals surface area contributed by atoms with Crippen LogP contribution in [0.1, 0.15) is 11.6 Å². The number of aromatic nitrogens is 5. The lowest BCUT2D eigenvalue weighted by Gasteiger charge is -2.07. The van der Waals surface area contributed by atoms with Crippen molar-refractivity contribution in [1.82, 2.24) is 24.7 Å². The predicted molar refractivity (Wildman–Crippen MR) is 107 cm³/mol. The van der Waals surface area contributed by atoms with Crippen molar-refractivity contribution in [1.29, 1.82) is 0 Å². The standard InChI is InChI=1S/C19H18N6O2S/c1-11-20-12(2)25(23-11)13-4-6-14(7-5-13)28-15-8-9-16-17(10-15)22-18(21-16)24(3)19(26)27/h4-10H,1-3H3,(H,21,22)(H,26,27). The number of anilines is 1. The number of carboxylic acid groups (broad SMARTS) is 1. The number of fused-ring (bicyclic) bond motifs is 1. The number of aryl methyl sites for hydroxylation is 2. The molecule has 0 spiro atoms. The lowest BCUT2D eigenvalue weighted by Crippen LogP contribution is -2.24. The van der Waals surface area contributed by atoms with Crippen molar-refractivity contribution in [2.75, 3.05) is 11.9 Å². The molecule has 28 heavy (non-hydrogen) atoms. The molecule has 0 saturated carbocycles. The van der Waals surface area contributed by atoms with Crippen molar-refractivity contribution in [3.63, 3.8) is 0 Å². The highest BCUT2D eigenvalue weighted by molar-refractivity contribution is 7.99. The second-order valence-corrected chi connectivity index (χ2v) is 7.44. The predicted octanol–water partition coefficient (Wildman–Crippen LogP) is 4.03. The Bertz CT molecular complexity index is 1170. The molecule has 4 aromatic rings. The lowest BCUT2D eigenvalue weighted by atomic mass is 10.3. The first-order valence-corrected chi connectivity index (χ1v) is 9.37. The van der Waals surface area contributed by atoms with E-state index in [2.05, 4.69) is 20.1 Å². The maximum absolute atomic E-state index is 11.1. The van der Waals surface area contributed by atoms with E-state index in [1.807, 2.05) is 61.0 Å². The van der Waals surface area contributed by atoms with Crippen molar-refractivity contribution < 1.29 is 9.90 Å². The van der Waals surface area contributed by atoms with Crippen LogP contribution in [0.15, 0.2) is 52.3 Å². The summed E-state index contributed by atoms with van der Waals surface area (Å²) in [4.78, 5) is 25.9. The van der Waals surface area contributed by atoms with Crippen LogP contribution in [0.3, 0.4) is 0 Å². The molecule has 0 fully saturated rings. The molecule has 2 aromatic heterocycles. The lowest BCUT2D eigenvalue weighted by molar-refractivity contribution is 0.203. The summed E-state index contributed by atoms with van der Waals surface area (Å²) in [5.41, 5.74) is 2.48. The number of hydrogen-bond acceptors (Lipinski definition) is 5. The zero-order valence-electron chi connectivity index (χ0n) is 15.5. The maximum Gasteiger partial charge on any atom is 0.413 e. The van der Waals surface area contributed by atoms with Crippen LogP contribution in [0.5, 0.6) is 0 Å². The van der Waals surface area contributed by atoms with Gasteiger partial charge >= 0.3 is 6.09 Å². The van der Waals surface area contributed by atoms with E-state index in [1.165, 1.54) is 7.05 Å². The van der Waals surface area contributed by atoms with Gasteiger partial charge in [-0.2, -0.15) is 5.10 Å². The third kappa shape index (κ3) is 3.44. The number of nitrogens with zero attached hydrogens (tertiary/aromatic N) is 5. The van der Waals surface area contributed by atoms with Gasteiger partial charge in [-0.3, -0.25) is 4.90 Å². The molecule has 0 radical (unpaired) electrons. The molecule has 8 nitrogen and oxygen atoms in total. The minimum absolute atomic E-state index is 0.299. The zero-order chi connectivity index (χ0) is 19.8. The molecule has 0 unspecified atom stereocenters. The van der Waals surface area contributed by atoms with Crippen molar-refractivity contribution >= 4 is 34.8 Å². The van der Waals surface area contributed by atoms with E-state index in [4.69, 9.17) is 5.11 Å². The fraction of sp³-hybridized carbons (Fsp3) is 0.158. The summed E-state index contributed by atoms with van der Waals surface area (Å²) >= 11 is 1.62. The van der Waals surface area contributed by atoms with E-state index in [-0.39, 0.29) is 0 Å². The number of benzene rings is 2. The molecule has 1 amide bonds. The topological polar surface area (TPSA) is 99.9 Å². The molecule has 2 heterocycles. The van der Waals surface area contributed by atoms with Gasteiger partial charge in [0.2, 0.25) is 5.95 Å². The SMILES string of the molecule is Cc1nc(C)n(-c2ccc(Sc3ccc4nc(N(C)C(=O)O)[nH]c4c3)cc2)n1. The molecule has 0 aliphatic rings. The van der Waals surface area contributed by atoms with Crippen LogP contribution in [0.2, 0.25) is 0 Å². The molecule has 0 atom stereocenters. The van der Waals surface area contributed by atoms with Crippen LogP contribution in [-0.2, 0) is 0 Å². The zero-order valence-corrected chi connectivity index (χ0v) is 16.4. The Morgan fingerprint density at radius 3 is 2.46 bits per heavy atom. The van der Waals surface area contributed by atoms with Crippen molar-refractivity contribution in [2.45, 2.75) is 23.6 Å². The Balaban J connectivity index is 1.56. The molecule has 0 saturated heterocycles. The van der Waals surface area contributed by atoms with Crippen LogP contribution >= 0.6 is 11.8 Å². The van der Waals surface area contributed by atoms with E-state index in [9.17, 15) is 4.79 Å². The second-order valence-electron chi connectivity index (χ2n) is 6.29.